The molecular weight excluding hydrogens is 254 g/mol. The van der Waals surface area contributed by atoms with Crippen LogP contribution in [0.2, 0.25) is 0 Å². The molecule has 0 unspecified atom stereocenters. The largest absolute Gasteiger partial charge is 0.326 e. The molecule has 102 valence electrons. The van der Waals surface area contributed by atoms with E-state index in [0.29, 0.717) is 16.9 Å². The number of aromatic nitrogens is 1. The van der Waals surface area contributed by atoms with Crippen molar-refractivity contribution in [2.45, 2.75) is 13.8 Å². The minimum atomic E-state index is -0.235. The Morgan fingerprint density at radius 2 is 1.95 bits per heavy atom. The van der Waals surface area contributed by atoms with E-state index in [1.54, 1.807) is 30.5 Å². The number of benzene rings is 1. The van der Waals surface area contributed by atoms with Crippen molar-refractivity contribution < 1.29 is 9.59 Å². The molecule has 0 aliphatic carbocycles. The lowest BCUT2D eigenvalue weighted by molar-refractivity contribution is -0.114. The fraction of sp³-hybridized carbons (Fsp3) is 0.133. The molecule has 5 heteroatoms. The number of anilines is 2. The van der Waals surface area contributed by atoms with Crippen LogP contribution in [0.25, 0.3) is 0 Å². The van der Waals surface area contributed by atoms with E-state index in [2.05, 4.69) is 15.6 Å². The Bertz CT molecular complexity index is 639. The number of carbonyl (C=O) groups excluding carboxylic acids is 2. The molecule has 0 saturated carbocycles. The summed E-state index contributed by atoms with van der Waals surface area (Å²) in [6.45, 7) is 3.32. The quantitative estimate of drug-likeness (QED) is 0.899. The molecule has 0 saturated heterocycles. The van der Waals surface area contributed by atoms with Crippen LogP contribution in [0.3, 0.4) is 0 Å². The van der Waals surface area contributed by atoms with Gasteiger partial charge in [-0.3, -0.25) is 14.6 Å². The van der Waals surface area contributed by atoms with Crippen molar-refractivity contribution in [2.75, 3.05) is 10.6 Å². The van der Waals surface area contributed by atoms with Crippen LogP contribution in [0.1, 0.15) is 22.8 Å². The number of amides is 2. The Morgan fingerprint density at radius 3 is 2.60 bits per heavy atom. The van der Waals surface area contributed by atoms with Crippen LogP contribution >= 0.6 is 0 Å². The predicted octanol–water partition coefficient (Wildman–Crippen LogP) is 2.60. The molecule has 1 heterocycles. The molecule has 0 bridgehead atoms. The highest BCUT2D eigenvalue weighted by Gasteiger charge is 2.08. The molecule has 2 aromatic rings. The lowest BCUT2D eigenvalue weighted by Crippen LogP contribution is -2.13. The van der Waals surface area contributed by atoms with Gasteiger partial charge in [0.1, 0.15) is 0 Å². The summed E-state index contributed by atoms with van der Waals surface area (Å²) in [7, 11) is 0. The van der Waals surface area contributed by atoms with Crippen molar-refractivity contribution in [3.8, 4) is 0 Å². The minimum Gasteiger partial charge on any atom is -0.326 e. The first-order valence-electron chi connectivity index (χ1n) is 6.16. The third-order valence-corrected chi connectivity index (χ3v) is 2.73. The van der Waals surface area contributed by atoms with Crippen molar-refractivity contribution in [2.24, 2.45) is 0 Å². The lowest BCUT2D eigenvalue weighted by atomic mass is 10.1. The van der Waals surface area contributed by atoms with E-state index >= 15 is 0 Å². The molecule has 5 nitrogen and oxygen atoms in total. The second-order valence-electron chi connectivity index (χ2n) is 4.41. The second-order valence-corrected chi connectivity index (χ2v) is 4.41. The average Bonchev–Trinajstić information content (AvgIpc) is 2.43. The fourth-order valence-corrected chi connectivity index (χ4v) is 1.73. The van der Waals surface area contributed by atoms with E-state index < -0.39 is 0 Å². The van der Waals surface area contributed by atoms with Crippen molar-refractivity contribution in [1.82, 2.24) is 4.98 Å². The molecule has 0 atom stereocenters. The molecule has 1 aromatic heterocycles. The number of aryl methyl sites for hydroxylation is 1. The van der Waals surface area contributed by atoms with Gasteiger partial charge in [0.15, 0.2) is 0 Å². The third kappa shape index (κ3) is 3.41. The summed E-state index contributed by atoms with van der Waals surface area (Å²) in [4.78, 5) is 27.0. The van der Waals surface area contributed by atoms with Crippen LogP contribution < -0.4 is 10.6 Å². The number of nitrogens with zero attached hydrogens (tertiary/aromatic N) is 1. The van der Waals surface area contributed by atoms with Crippen LogP contribution in [0.5, 0.6) is 0 Å². The minimum absolute atomic E-state index is 0.154. The predicted molar refractivity (Wildman–Crippen MR) is 77.7 cm³/mol. The van der Waals surface area contributed by atoms with Crippen LogP contribution in [-0.4, -0.2) is 16.8 Å². The molecule has 0 radical (unpaired) electrons. The highest BCUT2D eigenvalue weighted by molar-refractivity contribution is 6.04. The molecule has 2 rings (SSSR count). The van der Waals surface area contributed by atoms with Gasteiger partial charge in [-0.2, -0.15) is 0 Å². The van der Waals surface area contributed by atoms with Gasteiger partial charge in [-0.15, -0.1) is 0 Å². The molecule has 0 aliphatic rings. The summed E-state index contributed by atoms with van der Waals surface area (Å²) in [6, 6.07) is 8.75. The van der Waals surface area contributed by atoms with Crippen molar-refractivity contribution in [1.29, 1.82) is 0 Å². The second kappa shape index (κ2) is 5.97. The third-order valence-electron chi connectivity index (χ3n) is 2.73. The van der Waals surface area contributed by atoms with Gasteiger partial charge in [0.25, 0.3) is 5.91 Å². The Morgan fingerprint density at radius 1 is 1.15 bits per heavy atom. The molecule has 1 aromatic carbocycles. The van der Waals surface area contributed by atoms with Gasteiger partial charge in [-0.1, -0.05) is 6.07 Å². The smallest absolute Gasteiger partial charge is 0.257 e. The van der Waals surface area contributed by atoms with Gasteiger partial charge in [-0.05, 0) is 36.8 Å². The zero-order chi connectivity index (χ0) is 14.5. The maximum Gasteiger partial charge on any atom is 0.257 e. The molecule has 2 amide bonds. The van der Waals surface area contributed by atoms with Gasteiger partial charge in [-0.25, -0.2) is 0 Å². The number of rotatable bonds is 3. The maximum absolute atomic E-state index is 12.1. The Balaban J connectivity index is 2.20. The SMILES string of the molecule is CC(=O)Nc1ccc(C)c(NC(=O)c2cccnc2)c1. The number of nitrogens with one attached hydrogen (secondary N) is 2. The summed E-state index contributed by atoms with van der Waals surface area (Å²) >= 11 is 0. The van der Waals surface area contributed by atoms with E-state index in [0.717, 1.165) is 5.56 Å². The lowest BCUT2D eigenvalue weighted by Gasteiger charge is -2.10. The van der Waals surface area contributed by atoms with Crippen LogP contribution in [0, 0.1) is 6.92 Å². The van der Waals surface area contributed by atoms with Gasteiger partial charge in [0, 0.05) is 30.7 Å². The highest BCUT2D eigenvalue weighted by atomic mass is 16.2. The number of carbonyl (C=O) groups is 2. The van der Waals surface area contributed by atoms with E-state index in [4.69, 9.17) is 0 Å². The summed E-state index contributed by atoms with van der Waals surface area (Å²) in [5.41, 5.74) is 2.70. The van der Waals surface area contributed by atoms with E-state index in [9.17, 15) is 9.59 Å². The van der Waals surface area contributed by atoms with Gasteiger partial charge in [0.05, 0.1) is 5.56 Å². The molecular formula is C15H15N3O2. The van der Waals surface area contributed by atoms with Gasteiger partial charge >= 0.3 is 0 Å². The highest BCUT2D eigenvalue weighted by Crippen LogP contribution is 2.21. The standard InChI is InChI=1S/C15H15N3O2/c1-10-5-6-13(17-11(2)19)8-14(10)18-15(20)12-4-3-7-16-9-12/h3-9H,1-2H3,(H,17,19)(H,18,20). The Labute approximate surface area is 117 Å². The van der Waals surface area contributed by atoms with Crippen LogP contribution in [0.15, 0.2) is 42.7 Å². The van der Waals surface area contributed by atoms with Crippen molar-refractivity contribution >= 4 is 23.2 Å². The maximum atomic E-state index is 12.1. The number of pyridine rings is 1. The van der Waals surface area contributed by atoms with E-state index in [1.807, 2.05) is 13.0 Å². The molecule has 2 N–H and O–H groups in total. The average molecular weight is 269 g/mol. The molecule has 0 spiro atoms. The van der Waals surface area contributed by atoms with Gasteiger partial charge in [0.2, 0.25) is 5.91 Å². The zero-order valence-electron chi connectivity index (χ0n) is 11.3. The van der Waals surface area contributed by atoms with E-state index in [-0.39, 0.29) is 11.8 Å². The normalized spacial score (nSPS) is 9.90. The summed E-state index contributed by atoms with van der Waals surface area (Å²) in [6.07, 6.45) is 3.11. The zero-order valence-corrected chi connectivity index (χ0v) is 11.3. The first-order valence-corrected chi connectivity index (χ1v) is 6.16. The monoisotopic (exact) mass is 269 g/mol. The summed E-state index contributed by atoms with van der Waals surface area (Å²) < 4.78 is 0. The number of hydrogen-bond donors (Lipinski definition) is 2. The summed E-state index contributed by atoms with van der Waals surface area (Å²) in [5, 5.41) is 5.49. The van der Waals surface area contributed by atoms with Crippen LogP contribution in [0.4, 0.5) is 11.4 Å². The Hall–Kier alpha value is -2.69. The molecule has 0 fully saturated rings. The first kappa shape index (κ1) is 13.7. The number of hydrogen-bond acceptors (Lipinski definition) is 3. The van der Waals surface area contributed by atoms with E-state index in [1.165, 1.54) is 13.1 Å². The van der Waals surface area contributed by atoms with Crippen LogP contribution in [-0.2, 0) is 4.79 Å². The van der Waals surface area contributed by atoms with Gasteiger partial charge < -0.3 is 10.6 Å². The van der Waals surface area contributed by atoms with Crippen molar-refractivity contribution in [3.05, 3.63) is 53.9 Å². The fourth-order valence-electron chi connectivity index (χ4n) is 1.73. The first-order chi connectivity index (χ1) is 9.56. The molecule has 20 heavy (non-hydrogen) atoms. The Kier molecular flexibility index (Phi) is 4.10. The van der Waals surface area contributed by atoms with Crippen molar-refractivity contribution in [3.63, 3.8) is 0 Å². The summed E-state index contributed by atoms with van der Waals surface area (Å²) in [5.74, 6) is -0.389. The topological polar surface area (TPSA) is 71.1 Å². The molecule has 0 aliphatic heterocycles.